The summed E-state index contributed by atoms with van der Waals surface area (Å²) >= 11 is 0. The first kappa shape index (κ1) is 29.8. The number of aliphatic carboxylic acids is 1. The van der Waals surface area contributed by atoms with Gasteiger partial charge in [0.1, 0.15) is 6.04 Å². The summed E-state index contributed by atoms with van der Waals surface area (Å²) in [7, 11) is 0. The van der Waals surface area contributed by atoms with Gasteiger partial charge in [-0.05, 0) is 80.5 Å². The fourth-order valence-electron chi connectivity index (χ4n) is 5.41. The summed E-state index contributed by atoms with van der Waals surface area (Å²) in [5.41, 5.74) is 4.10. The summed E-state index contributed by atoms with van der Waals surface area (Å²) < 4.78 is 0. The number of carboxylic acid groups (broad SMARTS) is 1. The van der Waals surface area contributed by atoms with Crippen LogP contribution in [-0.2, 0) is 22.4 Å². The van der Waals surface area contributed by atoms with E-state index in [1.54, 1.807) is 19.1 Å². The van der Waals surface area contributed by atoms with Gasteiger partial charge in [-0.2, -0.15) is 0 Å². The molecule has 0 radical (unpaired) electrons. The zero-order valence-electron chi connectivity index (χ0n) is 24.0. The highest BCUT2D eigenvalue weighted by Crippen LogP contribution is 2.25. The van der Waals surface area contributed by atoms with E-state index >= 15 is 0 Å². The zero-order chi connectivity index (χ0) is 29.5. The molecule has 0 aliphatic carbocycles. The van der Waals surface area contributed by atoms with Crippen LogP contribution in [0.25, 0.3) is 0 Å². The molecule has 0 bridgehead atoms. The standard InChI is InChI=1S/C31H39N5O5/c1-4-22-18-24(20(3)37)16-19(2)27(22)29(39)34-26(30(40)41)17-21-6-8-25(9-7-21)36-14-10-23(11-15-36)28(38)35-31-32-12-5-13-33-31/h6-9,16,18,23,26H,4-5,10-15,17H2,1-3H3,(H,34,39)(H,40,41)(H2,32,33,35,38). The topological polar surface area (TPSA) is 140 Å². The second kappa shape index (κ2) is 13.4. The summed E-state index contributed by atoms with van der Waals surface area (Å²) in [6.45, 7) is 8.17. The van der Waals surface area contributed by atoms with Crippen molar-refractivity contribution in [2.45, 2.75) is 58.9 Å². The maximum absolute atomic E-state index is 13.2. The van der Waals surface area contributed by atoms with E-state index in [0.29, 0.717) is 34.6 Å². The van der Waals surface area contributed by atoms with E-state index in [1.807, 2.05) is 31.2 Å². The third-order valence-corrected chi connectivity index (χ3v) is 7.78. The van der Waals surface area contributed by atoms with Gasteiger partial charge in [0.2, 0.25) is 5.91 Å². The molecule has 41 heavy (non-hydrogen) atoms. The zero-order valence-corrected chi connectivity index (χ0v) is 24.0. The van der Waals surface area contributed by atoms with E-state index < -0.39 is 17.9 Å². The minimum absolute atomic E-state index is 0.00551. The maximum atomic E-state index is 13.2. The lowest BCUT2D eigenvalue weighted by Gasteiger charge is -2.33. The molecule has 0 spiro atoms. The number of aliphatic imine (C=N–C) groups is 1. The van der Waals surface area contributed by atoms with Crippen molar-refractivity contribution in [1.29, 1.82) is 0 Å². The summed E-state index contributed by atoms with van der Waals surface area (Å²) in [5.74, 6) is -1.15. The number of anilines is 1. The molecule has 0 saturated carbocycles. The first-order chi connectivity index (χ1) is 19.7. The number of aryl methyl sites for hydroxylation is 2. The molecule has 4 rings (SSSR count). The molecular formula is C31H39N5O5. The number of hydrogen-bond donors (Lipinski definition) is 4. The van der Waals surface area contributed by atoms with Gasteiger partial charge in [-0.3, -0.25) is 24.7 Å². The highest BCUT2D eigenvalue weighted by molar-refractivity contribution is 6.01. The van der Waals surface area contributed by atoms with Crippen molar-refractivity contribution in [3.8, 4) is 0 Å². The first-order valence-electron chi connectivity index (χ1n) is 14.3. The minimum atomic E-state index is -1.12. The molecule has 1 atom stereocenters. The van der Waals surface area contributed by atoms with Gasteiger partial charge in [0.05, 0.1) is 0 Å². The smallest absolute Gasteiger partial charge is 0.326 e. The normalized spacial score (nSPS) is 16.3. The monoisotopic (exact) mass is 561 g/mol. The summed E-state index contributed by atoms with van der Waals surface area (Å²) in [5, 5.41) is 18.6. The number of carbonyl (C=O) groups is 4. The van der Waals surface area contributed by atoms with E-state index in [-0.39, 0.29) is 24.0 Å². The van der Waals surface area contributed by atoms with Crippen molar-refractivity contribution >= 4 is 35.2 Å². The lowest BCUT2D eigenvalue weighted by atomic mass is 9.94. The van der Waals surface area contributed by atoms with E-state index in [0.717, 1.165) is 56.7 Å². The second-order valence-electron chi connectivity index (χ2n) is 10.7. The number of hydrogen-bond acceptors (Lipinski definition) is 7. The van der Waals surface area contributed by atoms with Crippen LogP contribution >= 0.6 is 0 Å². The minimum Gasteiger partial charge on any atom is -0.480 e. The van der Waals surface area contributed by atoms with Crippen LogP contribution in [0.3, 0.4) is 0 Å². The number of Topliss-reactive ketones (excluding diaryl/α,β-unsaturated/α-hetero) is 1. The van der Waals surface area contributed by atoms with Crippen LogP contribution in [0, 0.1) is 12.8 Å². The molecule has 2 amide bonds. The van der Waals surface area contributed by atoms with Gasteiger partial charge in [-0.1, -0.05) is 19.1 Å². The van der Waals surface area contributed by atoms with Crippen molar-refractivity contribution < 1.29 is 24.3 Å². The Bertz CT molecular complexity index is 1330. The van der Waals surface area contributed by atoms with E-state index in [4.69, 9.17) is 0 Å². The predicted molar refractivity (Wildman–Crippen MR) is 158 cm³/mol. The molecule has 10 heteroatoms. The van der Waals surface area contributed by atoms with Crippen molar-refractivity contribution in [3.05, 3.63) is 64.2 Å². The number of guanidine groups is 1. The lowest BCUT2D eigenvalue weighted by molar-refractivity contribution is -0.139. The van der Waals surface area contributed by atoms with Gasteiger partial charge in [0.25, 0.3) is 5.91 Å². The van der Waals surface area contributed by atoms with E-state index in [1.165, 1.54) is 6.92 Å². The number of nitrogens with zero attached hydrogens (tertiary/aromatic N) is 2. The number of ketones is 1. The molecule has 218 valence electrons. The maximum Gasteiger partial charge on any atom is 0.326 e. The third kappa shape index (κ3) is 7.50. The van der Waals surface area contributed by atoms with Crippen LogP contribution in [0.1, 0.15) is 70.5 Å². The number of carboxylic acids is 1. The van der Waals surface area contributed by atoms with Gasteiger partial charge >= 0.3 is 5.97 Å². The van der Waals surface area contributed by atoms with Crippen LogP contribution in [0.4, 0.5) is 5.69 Å². The Morgan fingerprint density at radius 2 is 1.83 bits per heavy atom. The molecule has 2 aliphatic rings. The summed E-state index contributed by atoms with van der Waals surface area (Å²) in [6.07, 6.45) is 3.12. The highest BCUT2D eigenvalue weighted by Gasteiger charge is 2.27. The molecule has 1 fully saturated rings. The fraction of sp³-hybridized carbons (Fsp3) is 0.452. The number of nitrogens with one attached hydrogen (secondary N) is 3. The lowest BCUT2D eigenvalue weighted by Crippen LogP contribution is -2.48. The molecule has 4 N–H and O–H groups in total. The Labute approximate surface area is 240 Å². The molecular weight excluding hydrogens is 522 g/mol. The molecule has 1 saturated heterocycles. The summed E-state index contributed by atoms with van der Waals surface area (Å²) in [4.78, 5) is 56.3. The molecule has 0 aromatic heterocycles. The molecule has 2 aliphatic heterocycles. The van der Waals surface area contributed by atoms with E-state index in [9.17, 15) is 24.3 Å². The van der Waals surface area contributed by atoms with Crippen LogP contribution in [0.2, 0.25) is 0 Å². The Hall–Kier alpha value is -4.21. The molecule has 2 aromatic rings. The number of carbonyl (C=O) groups excluding carboxylic acids is 3. The van der Waals surface area contributed by atoms with Crippen molar-refractivity contribution in [3.63, 3.8) is 0 Å². The SMILES string of the molecule is CCc1cc(C(C)=O)cc(C)c1C(=O)NC(Cc1ccc(N2CCC(C(=O)NC3=NCCCN3)CC2)cc1)C(=O)O. The Kier molecular flexibility index (Phi) is 9.75. The van der Waals surface area contributed by atoms with Gasteiger partial charge in [0.15, 0.2) is 11.7 Å². The Morgan fingerprint density at radius 1 is 1.12 bits per heavy atom. The number of rotatable bonds is 9. The molecule has 2 aromatic carbocycles. The largest absolute Gasteiger partial charge is 0.480 e. The van der Waals surface area contributed by atoms with Crippen LogP contribution in [-0.4, -0.2) is 66.9 Å². The molecule has 1 unspecified atom stereocenters. The molecule has 10 nitrogen and oxygen atoms in total. The Balaban J connectivity index is 1.35. The van der Waals surface area contributed by atoms with Gasteiger partial charge in [0, 0.05) is 55.3 Å². The van der Waals surface area contributed by atoms with Crippen molar-refractivity contribution in [1.82, 2.24) is 16.0 Å². The fourth-order valence-corrected chi connectivity index (χ4v) is 5.41. The van der Waals surface area contributed by atoms with Gasteiger partial charge in [-0.15, -0.1) is 0 Å². The number of piperidine rings is 1. The molecule has 2 heterocycles. The highest BCUT2D eigenvalue weighted by atomic mass is 16.4. The van der Waals surface area contributed by atoms with E-state index in [2.05, 4.69) is 25.8 Å². The summed E-state index contributed by atoms with van der Waals surface area (Å²) in [6, 6.07) is 9.94. The second-order valence-corrected chi connectivity index (χ2v) is 10.7. The van der Waals surface area contributed by atoms with Crippen LogP contribution < -0.4 is 20.9 Å². The first-order valence-corrected chi connectivity index (χ1v) is 14.3. The quantitative estimate of drug-likeness (QED) is 0.345. The van der Waals surface area contributed by atoms with Crippen molar-refractivity contribution in [2.24, 2.45) is 10.9 Å². The van der Waals surface area contributed by atoms with Gasteiger partial charge in [-0.25, -0.2) is 4.79 Å². The van der Waals surface area contributed by atoms with Crippen molar-refractivity contribution in [2.75, 3.05) is 31.1 Å². The van der Waals surface area contributed by atoms with Gasteiger partial charge < -0.3 is 20.6 Å². The van der Waals surface area contributed by atoms with Crippen LogP contribution in [0.15, 0.2) is 41.4 Å². The number of benzene rings is 2. The average molecular weight is 562 g/mol. The number of amides is 2. The third-order valence-electron chi connectivity index (χ3n) is 7.78. The predicted octanol–water partition coefficient (Wildman–Crippen LogP) is 2.87. The Morgan fingerprint density at radius 3 is 2.41 bits per heavy atom. The van der Waals surface area contributed by atoms with Crippen LogP contribution in [0.5, 0.6) is 0 Å². The average Bonchev–Trinajstić information content (AvgIpc) is 2.97.